The molecule has 0 aliphatic heterocycles. The van der Waals surface area contributed by atoms with Crippen molar-refractivity contribution < 1.29 is 0 Å². The fraction of sp³-hybridized carbons (Fsp3) is 0.0909. The molecule has 3 nitrogen and oxygen atoms in total. The van der Waals surface area contributed by atoms with Gasteiger partial charge in [-0.05, 0) is 17.9 Å². The molecule has 4 heteroatoms. The summed E-state index contributed by atoms with van der Waals surface area (Å²) in [5.41, 5.74) is 7.80. The second-order valence-corrected chi connectivity index (χ2v) is 3.88. The van der Waals surface area contributed by atoms with Crippen LogP contribution in [0.15, 0.2) is 41.4 Å². The van der Waals surface area contributed by atoms with E-state index < -0.39 is 0 Å². The van der Waals surface area contributed by atoms with Crippen molar-refractivity contribution >= 4 is 17.6 Å². The van der Waals surface area contributed by atoms with E-state index in [9.17, 15) is 0 Å². The largest absolute Gasteiger partial charge is 0.382 e. The topological polar surface area (TPSA) is 51.8 Å². The summed E-state index contributed by atoms with van der Waals surface area (Å²) in [4.78, 5) is 0. The minimum absolute atomic E-state index is 0.471. The zero-order chi connectivity index (χ0) is 10.7. The lowest BCUT2D eigenvalue weighted by Gasteiger charge is -2.05. The number of hydrogen-bond acceptors (Lipinski definition) is 4. The van der Waals surface area contributed by atoms with Crippen molar-refractivity contribution in [1.29, 1.82) is 0 Å². The fourth-order valence-corrected chi connectivity index (χ4v) is 1.69. The lowest BCUT2D eigenvalue weighted by atomic mass is 10.1. The third-order valence-electron chi connectivity index (χ3n) is 2.09. The molecule has 0 bridgehead atoms. The van der Waals surface area contributed by atoms with Gasteiger partial charge in [0.1, 0.15) is 5.03 Å². The van der Waals surface area contributed by atoms with Gasteiger partial charge in [-0.3, -0.25) is 0 Å². The Kier molecular flexibility index (Phi) is 2.87. The van der Waals surface area contributed by atoms with E-state index in [0.29, 0.717) is 5.82 Å². The summed E-state index contributed by atoms with van der Waals surface area (Å²) in [7, 11) is 0. The highest BCUT2D eigenvalue weighted by atomic mass is 32.2. The third kappa shape index (κ3) is 2.10. The summed E-state index contributed by atoms with van der Waals surface area (Å²) in [6.07, 6.45) is 1.97. The molecule has 0 aliphatic rings. The number of aromatic nitrogens is 2. The molecule has 76 valence electrons. The number of nitrogens with two attached hydrogens (primary N) is 1. The van der Waals surface area contributed by atoms with E-state index in [2.05, 4.69) is 10.2 Å². The Balaban J connectivity index is 2.52. The molecule has 1 heterocycles. The van der Waals surface area contributed by atoms with E-state index in [-0.39, 0.29) is 0 Å². The first-order valence-electron chi connectivity index (χ1n) is 4.54. The van der Waals surface area contributed by atoms with Crippen LogP contribution in [0.4, 0.5) is 5.82 Å². The smallest absolute Gasteiger partial charge is 0.154 e. The molecule has 0 fully saturated rings. The molecule has 0 unspecified atom stereocenters. The van der Waals surface area contributed by atoms with Gasteiger partial charge in [0.05, 0.1) is 0 Å². The number of thioether (sulfide) groups is 1. The van der Waals surface area contributed by atoms with Gasteiger partial charge in [-0.2, -0.15) is 0 Å². The van der Waals surface area contributed by atoms with Crippen LogP contribution in [0.1, 0.15) is 0 Å². The minimum Gasteiger partial charge on any atom is -0.382 e. The molecule has 0 saturated carbocycles. The van der Waals surface area contributed by atoms with Crippen molar-refractivity contribution in [2.45, 2.75) is 5.03 Å². The Labute approximate surface area is 92.7 Å². The standard InChI is InChI=1S/C11H11N3S/c1-15-10-7-9(11(12)14-13-10)8-5-3-2-4-6-8/h2-7H,1H3,(H2,12,14). The second-order valence-electron chi connectivity index (χ2n) is 3.05. The number of benzene rings is 1. The number of rotatable bonds is 2. The van der Waals surface area contributed by atoms with Crippen molar-refractivity contribution in [3.8, 4) is 11.1 Å². The molecule has 0 spiro atoms. The first kappa shape index (κ1) is 9.98. The molecule has 15 heavy (non-hydrogen) atoms. The van der Waals surface area contributed by atoms with E-state index in [4.69, 9.17) is 5.73 Å². The second kappa shape index (κ2) is 4.31. The maximum atomic E-state index is 5.79. The maximum absolute atomic E-state index is 5.79. The summed E-state index contributed by atoms with van der Waals surface area (Å²) in [6.45, 7) is 0. The van der Waals surface area contributed by atoms with E-state index in [1.54, 1.807) is 11.8 Å². The summed E-state index contributed by atoms with van der Waals surface area (Å²) in [5.74, 6) is 0.471. The van der Waals surface area contributed by atoms with Crippen LogP contribution < -0.4 is 5.73 Å². The molecule has 0 amide bonds. The predicted molar refractivity (Wildman–Crippen MR) is 63.7 cm³/mol. The van der Waals surface area contributed by atoms with Crippen molar-refractivity contribution in [3.63, 3.8) is 0 Å². The Bertz CT molecular complexity index is 457. The molecular formula is C11H11N3S. The molecule has 2 N–H and O–H groups in total. The van der Waals surface area contributed by atoms with E-state index >= 15 is 0 Å². The Morgan fingerprint density at radius 1 is 1.13 bits per heavy atom. The monoisotopic (exact) mass is 217 g/mol. The highest BCUT2D eigenvalue weighted by Gasteiger charge is 2.05. The van der Waals surface area contributed by atoms with Gasteiger partial charge in [-0.15, -0.1) is 22.0 Å². The van der Waals surface area contributed by atoms with Crippen molar-refractivity contribution in [2.24, 2.45) is 0 Å². The highest BCUT2D eigenvalue weighted by molar-refractivity contribution is 7.98. The zero-order valence-electron chi connectivity index (χ0n) is 8.34. The van der Waals surface area contributed by atoms with Crippen molar-refractivity contribution in [3.05, 3.63) is 36.4 Å². The summed E-state index contributed by atoms with van der Waals surface area (Å²) in [5, 5.41) is 8.78. The third-order valence-corrected chi connectivity index (χ3v) is 2.71. The van der Waals surface area contributed by atoms with Crippen molar-refractivity contribution in [2.75, 3.05) is 12.0 Å². The van der Waals surface area contributed by atoms with Crippen LogP contribution in [0.5, 0.6) is 0 Å². The Morgan fingerprint density at radius 2 is 1.87 bits per heavy atom. The molecule has 0 saturated heterocycles. The van der Waals surface area contributed by atoms with Crippen LogP contribution in [-0.4, -0.2) is 16.5 Å². The first-order chi connectivity index (χ1) is 7.31. The number of nitrogens with zero attached hydrogens (tertiary/aromatic N) is 2. The summed E-state index contributed by atoms with van der Waals surface area (Å²) in [6, 6.07) is 11.9. The summed E-state index contributed by atoms with van der Waals surface area (Å²) < 4.78 is 0. The van der Waals surface area contributed by atoms with Crippen molar-refractivity contribution in [1.82, 2.24) is 10.2 Å². The van der Waals surface area contributed by atoms with Crippen LogP contribution >= 0.6 is 11.8 Å². The maximum Gasteiger partial charge on any atom is 0.154 e. The van der Waals surface area contributed by atoms with E-state index in [1.807, 2.05) is 42.7 Å². The molecule has 1 aromatic carbocycles. The number of hydrogen-bond donors (Lipinski definition) is 1. The highest BCUT2D eigenvalue weighted by Crippen LogP contribution is 2.26. The Morgan fingerprint density at radius 3 is 2.53 bits per heavy atom. The summed E-state index contributed by atoms with van der Waals surface area (Å²) >= 11 is 1.56. The van der Waals surface area contributed by atoms with Gasteiger partial charge in [0.2, 0.25) is 0 Å². The van der Waals surface area contributed by atoms with Gasteiger partial charge in [0.25, 0.3) is 0 Å². The minimum atomic E-state index is 0.471. The lowest BCUT2D eigenvalue weighted by Crippen LogP contribution is -1.97. The van der Waals surface area contributed by atoms with Crippen LogP contribution in [-0.2, 0) is 0 Å². The molecule has 1 aromatic heterocycles. The quantitative estimate of drug-likeness (QED) is 0.785. The van der Waals surface area contributed by atoms with Gasteiger partial charge < -0.3 is 5.73 Å². The fourth-order valence-electron chi connectivity index (χ4n) is 1.33. The molecule has 2 rings (SSSR count). The zero-order valence-corrected chi connectivity index (χ0v) is 9.16. The lowest BCUT2D eigenvalue weighted by molar-refractivity contribution is 0.943. The molecule has 0 aliphatic carbocycles. The molecule has 0 atom stereocenters. The average molecular weight is 217 g/mol. The predicted octanol–water partition coefficient (Wildman–Crippen LogP) is 2.45. The van der Waals surface area contributed by atoms with Gasteiger partial charge in [0.15, 0.2) is 5.82 Å². The first-order valence-corrected chi connectivity index (χ1v) is 5.76. The Hall–Kier alpha value is -1.55. The molecule has 0 radical (unpaired) electrons. The normalized spacial score (nSPS) is 10.2. The SMILES string of the molecule is CSc1cc(-c2ccccc2)c(N)nn1. The van der Waals surface area contributed by atoms with Gasteiger partial charge in [-0.1, -0.05) is 30.3 Å². The van der Waals surface area contributed by atoms with E-state index in [0.717, 1.165) is 16.2 Å². The van der Waals surface area contributed by atoms with Gasteiger partial charge in [-0.25, -0.2) is 0 Å². The number of nitrogen functional groups attached to an aromatic ring is 1. The van der Waals surface area contributed by atoms with E-state index in [1.165, 1.54) is 0 Å². The van der Waals surface area contributed by atoms with Crippen LogP contribution in [0.25, 0.3) is 11.1 Å². The van der Waals surface area contributed by atoms with Crippen LogP contribution in [0.2, 0.25) is 0 Å². The average Bonchev–Trinajstić information content (AvgIpc) is 2.31. The van der Waals surface area contributed by atoms with Gasteiger partial charge in [0, 0.05) is 5.56 Å². The number of anilines is 1. The van der Waals surface area contributed by atoms with Crippen LogP contribution in [0, 0.1) is 0 Å². The molecular weight excluding hydrogens is 206 g/mol. The van der Waals surface area contributed by atoms with Crippen LogP contribution in [0.3, 0.4) is 0 Å². The van der Waals surface area contributed by atoms with Gasteiger partial charge >= 0.3 is 0 Å². The molecule has 2 aromatic rings.